The van der Waals surface area contributed by atoms with Crippen molar-refractivity contribution >= 4 is 73.1 Å². The van der Waals surface area contributed by atoms with Crippen molar-refractivity contribution in [3.05, 3.63) is 153 Å². The first-order chi connectivity index (χ1) is 34.8. The van der Waals surface area contributed by atoms with Crippen LogP contribution in [-0.2, 0) is 38.9 Å². The Morgan fingerprint density at radius 2 is 1.16 bits per heavy atom. The van der Waals surface area contributed by atoms with E-state index in [1.54, 1.807) is 0 Å². The van der Waals surface area contributed by atoms with Crippen LogP contribution in [0.5, 0.6) is 0 Å². The number of fused-ring (bicyclic) bond motifs is 6. The lowest BCUT2D eigenvalue weighted by Gasteiger charge is -2.43. The maximum Gasteiger partial charge on any atom is 0.142 e. The summed E-state index contributed by atoms with van der Waals surface area (Å²) in [6.45, 7) is 34.4. The zero-order valence-corrected chi connectivity index (χ0v) is 48.6. The zero-order valence-electron chi connectivity index (χ0n) is 47.8. The molecule has 1 aromatic heterocycles. The van der Waals surface area contributed by atoms with Crippen molar-refractivity contribution < 1.29 is 0 Å². The number of thiophene rings is 1. The van der Waals surface area contributed by atoms with E-state index in [2.05, 4.69) is 213 Å². The lowest BCUT2D eigenvalue weighted by Crippen LogP contribution is -2.34. The van der Waals surface area contributed by atoms with Crippen LogP contribution >= 0.6 is 11.3 Å². The van der Waals surface area contributed by atoms with Crippen molar-refractivity contribution in [1.82, 2.24) is 0 Å². The minimum absolute atomic E-state index is 0.00190. The van der Waals surface area contributed by atoms with Crippen LogP contribution in [0.4, 0.5) is 22.7 Å². The van der Waals surface area contributed by atoms with Gasteiger partial charge in [0.25, 0.3) is 0 Å². The summed E-state index contributed by atoms with van der Waals surface area (Å²) in [5.74, 6) is 0. The molecule has 11 rings (SSSR count). The topological polar surface area (TPSA) is 29.3 Å². The second-order valence-corrected chi connectivity index (χ2v) is 28.4. The van der Waals surface area contributed by atoms with Crippen LogP contribution in [-0.4, -0.2) is 7.85 Å². The van der Waals surface area contributed by atoms with Gasteiger partial charge in [-0.1, -0.05) is 175 Å². The van der Waals surface area contributed by atoms with Gasteiger partial charge in [0, 0.05) is 49.2 Å². The van der Waals surface area contributed by atoms with Crippen molar-refractivity contribution in [2.24, 2.45) is 0 Å². The van der Waals surface area contributed by atoms with E-state index >= 15 is 0 Å². The van der Waals surface area contributed by atoms with E-state index in [0.717, 1.165) is 56.2 Å². The first-order valence-corrected chi connectivity index (χ1v) is 29.2. The molecule has 0 saturated heterocycles. The summed E-state index contributed by atoms with van der Waals surface area (Å²) in [6.07, 6.45) is 18.5. The molecule has 0 unspecified atom stereocenters. The molecule has 1 heterocycles. The van der Waals surface area contributed by atoms with Gasteiger partial charge < -0.3 is 10.6 Å². The van der Waals surface area contributed by atoms with Gasteiger partial charge in [-0.15, -0.1) is 11.3 Å². The number of hydrogen-bond donors (Lipinski definition) is 1. The Hall–Kier alpha value is -5.32. The standard InChI is InChI=1S/C70H83BN2S/c1-15-43-27-29-56(71)62(60(43)44-22-17-16-18-23-44)73(58-41-55-51(36-42(58)2)67(7,8)32-35-70(55,13)14)63-61(45-26-28-50-52(37-45)66(5,6)31-21-30-65(50,3)4)48(38-49-46-24-19-20-25-59(46)74-64(49)63)47-39-53-54(40-57(47)72)69(11,12)34-33-68(53,9)10/h17,19-20,22-29,36-41H,15-16,18,21,30-35,71-72H2,1-14H3. The van der Waals surface area contributed by atoms with Gasteiger partial charge in [-0.2, -0.15) is 0 Å². The van der Waals surface area contributed by atoms with Crippen molar-refractivity contribution in [1.29, 1.82) is 0 Å². The predicted octanol–water partition coefficient (Wildman–Crippen LogP) is 18.7. The van der Waals surface area contributed by atoms with E-state index < -0.39 is 0 Å². The second kappa shape index (κ2) is 17.6. The number of rotatable bonds is 7. The molecule has 382 valence electrons. The Balaban J connectivity index is 1.39. The third-order valence-electron chi connectivity index (χ3n) is 19.3. The second-order valence-electron chi connectivity index (χ2n) is 27.3. The number of nitrogens with zero attached hydrogens (tertiary/aromatic N) is 1. The molecule has 74 heavy (non-hydrogen) atoms. The molecule has 0 radical (unpaired) electrons. The van der Waals surface area contributed by atoms with Crippen molar-refractivity contribution in [3.63, 3.8) is 0 Å². The minimum Gasteiger partial charge on any atom is -0.398 e. The average molecular weight is 995 g/mol. The predicted molar refractivity (Wildman–Crippen MR) is 328 cm³/mol. The minimum atomic E-state index is -0.00618. The molecule has 0 saturated carbocycles. The van der Waals surface area contributed by atoms with Crippen molar-refractivity contribution in [3.8, 4) is 22.3 Å². The van der Waals surface area contributed by atoms with Crippen molar-refractivity contribution in [2.75, 3.05) is 10.6 Å². The smallest absolute Gasteiger partial charge is 0.142 e. The van der Waals surface area contributed by atoms with Gasteiger partial charge in [-0.25, -0.2) is 0 Å². The monoisotopic (exact) mass is 995 g/mol. The molecule has 0 fully saturated rings. The van der Waals surface area contributed by atoms with Gasteiger partial charge in [0.2, 0.25) is 0 Å². The fourth-order valence-electron chi connectivity index (χ4n) is 14.3. The fraction of sp³-hybridized carbons (Fsp3) is 0.429. The van der Waals surface area contributed by atoms with E-state index in [1.807, 2.05) is 11.3 Å². The first kappa shape index (κ1) is 50.8. The van der Waals surface area contributed by atoms with E-state index in [9.17, 15) is 0 Å². The van der Waals surface area contributed by atoms with E-state index in [-0.39, 0.29) is 32.5 Å². The lowest BCUT2D eigenvalue weighted by molar-refractivity contribution is 0.332. The Morgan fingerprint density at radius 3 is 1.81 bits per heavy atom. The Bertz CT molecular complexity index is 3510. The van der Waals surface area contributed by atoms with Crippen LogP contribution < -0.4 is 16.1 Å². The van der Waals surface area contributed by atoms with Gasteiger partial charge in [0.1, 0.15) is 7.85 Å². The quantitative estimate of drug-likeness (QED) is 0.0979. The van der Waals surface area contributed by atoms with Crippen molar-refractivity contribution in [2.45, 2.75) is 194 Å². The summed E-state index contributed by atoms with van der Waals surface area (Å²) in [7, 11) is 2.38. The summed E-state index contributed by atoms with van der Waals surface area (Å²) >= 11 is 1.97. The number of benzene rings is 6. The number of allylic oxidation sites excluding steroid dienone is 4. The highest BCUT2D eigenvalue weighted by Crippen LogP contribution is 2.59. The summed E-state index contributed by atoms with van der Waals surface area (Å²) < 4.78 is 2.62. The SMILES string of the molecule is Bc1ccc(CC)c(C2=CCCC=C2)c1N(c1cc2c(cc1C)C(C)(C)CCC2(C)C)c1c(-c2ccc3c(c2)C(C)(C)CCCC3(C)C)c(-c2cc3c(cc2N)C(C)(C)CCC3(C)C)cc2c1sc1ccccc12. The highest BCUT2D eigenvalue weighted by Gasteiger charge is 2.42. The molecule has 7 aromatic rings. The van der Waals surface area contributed by atoms with Crippen LogP contribution in [0.15, 0.2) is 103 Å². The highest BCUT2D eigenvalue weighted by atomic mass is 32.1. The van der Waals surface area contributed by atoms with Gasteiger partial charge in [0.15, 0.2) is 0 Å². The highest BCUT2D eigenvalue weighted by molar-refractivity contribution is 7.26. The number of hydrogen-bond acceptors (Lipinski definition) is 3. The molecular weight excluding hydrogens is 912 g/mol. The molecule has 0 bridgehead atoms. The maximum atomic E-state index is 7.74. The molecular formula is C70H83BN2S. The molecule has 0 amide bonds. The molecule has 6 aromatic carbocycles. The Labute approximate surface area is 450 Å². The van der Waals surface area contributed by atoms with E-state index in [1.165, 1.54) is 134 Å². The third kappa shape index (κ3) is 8.17. The maximum absolute atomic E-state index is 7.74. The third-order valence-corrected chi connectivity index (χ3v) is 20.5. The summed E-state index contributed by atoms with van der Waals surface area (Å²) in [6, 6.07) is 34.5. The van der Waals surface area contributed by atoms with Crippen LogP contribution in [0.3, 0.4) is 0 Å². The summed E-state index contributed by atoms with van der Waals surface area (Å²) in [5.41, 5.74) is 32.9. The largest absolute Gasteiger partial charge is 0.398 e. The number of anilines is 4. The van der Waals surface area contributed by atoms with Crippen LogP contribution in [0.1, 0.15) is 198 Å². The molecule has 0 spiro atoms. The van der Waals surface area contributed by atoms with Gasteiger partial charge in [-0.05, 0) is 189 Å². The van der Waals surface area contributed by atoms with E-state index in [4.69, 9.17) is 5.73 Å². The van der Waals surface area contributed by atoms with E-state index in [0.29, 0.717) is 0 Å². The number of nitrogens with two attached hydrogens (primary N) is 1. The average Bonchev–Trinajstić information content (AvgIpc) is 3.69. The Morgan fingerprint density at radius 1 is 0.568 bits per heavy atom. The number of nitrogen functional groups attached to an aromatic ring is 1. The molecule has 0 atom stereocenters. The first-order valence-electron chi connectivity index (χ1n) is 28.4. The van der Waals surface area contributed by atoms with Crippen LogP contribution in [0, 0.1) is 6.92 Å². The lowest BCUT2D eigenvalue weighted by atomic mass is 9.62. The molecule has 4 heteroatoms. The molecule has 2 nitrogen and oxygen atoms in total. The summed E-state index contributed by atoms with van der Waals surface area (Å²) in [5, 5.41) is 2.59. The summed E-state index contributed by atoms with van der Waals surface area (Å²) in [4.78, 5) is 2.82. The van der Waals surface area contributed by atoms with Gasteiger partial charge in [0.05, 0.1) is 10.4 Å². The number of aryl methyl sites for hydroxylation is 2. The van der Waals surface area contributed by atoms with Gasteiger partial charge in [-0.3, -0.25) is 0 Å². The normalized spacial score (nSPS) is 19.8. The molecule has 0 aliphatic heterocycles. The van der Waals surface area contributed by atoms with Crippen LogP contribution in [0.25, 0.3) is 48.0 Å². The fourth-order valence-corrected chi connectivity index (χ4v) is 15.5. The molecule has 2 N–H and O–H groups in total. The molecule has 4 aliphatic carbocycles. The van der Waals surface area contributed by atoms with Crippen LogP contribution in [0.2, 0.25) is 0 Å². The Kier molecular flexibility index (Phi) is 12.1. The zero-order chi connectivity index (χ0) is 52.7. The molecule has 4 aliphatic rings. The van der Waals surface area contributed by atoms with Gasteiger partial charge >= 0.3 is 0 Å².